The van der Waals surface area contributed by atoms with Gasteiger partial charge in [-0.2, -0.15) is 0 Å². The largest absolute Gasteiger partial charge is 0.335 e. The molecule has 0 bridgehead atoms. The molecule has 10 heteroatoms. The second-order valence-corrected chi connectivity index (χ2v) is 8.82. The fraction of sp³-hybridized carbons (Fsp3) is 0.231. The summed E-state index contributed by atoms with van der Waals surface area (Å²) >= 11 is 5.69. The normalized spacial score (nSPS) is 12.5. The Morgan fingerprint density at radius 2 is 1.83 bits per heavy atom. The highest BCUT2D eigenvalue weighted by Crippen LogP contribution is 2.31. The van der Waals surface area contributed by atoms with Gasteiger partial charge in [-0.25, -0.2) is 18.0 Å². The monoisotopic (exact) mass is 518 g/mol. The van der Waals surface area contributed by atoms with Gasteiger partial charge >= 0.3 is 6.03 Å². The van der Waals surface area contributed by atoms with Crippen LogP contribution in [0.5, 0.6) is 0 Å². The van der Waals surface area contributed by atoms with Crippen LogP contribution in [0, 0.1) is 17.5 Å². The molecule has 0 saturated heterocycles. The molecule has 0 saturated carbocycles. The second kappa shape index (κ2) is 11.9. The zero-order chi connectivity index (χ0) is 26.4. The van der Waals surface area contributed by atoms with E-state index in [2.05, 4.69) is 10.6 Å². The number of carbonyl (C=O) groups excluding carboxylic acids is 2. The van der Waals surface area contributed by atoms with Crippen LogP contribution < -0.4 is 21.3 Å². The number of nitrogens with two attached hydrogens (primary N) is 1. The third kappa shape index (κ3) is 6.56. The summed E-state index contributed by atoms with van der Waals surface area (Å²) in [6.45, 7) is 3.44. The van der Waals surface area contributed by atoms with Gasteiger partial charge in [0.15, 0.2) is 11.6 Å². The first kappa shape index (κ1) is 27.0. The van der Waals surface area contributed by atoms with Gasteiger partial charge in [0, 0.05) is 29.2 Å². The van der Waals surface area contributed by atoms with E-state index >= 15 is 0 Å². The fourth-order valence-corrected chi connectivity index (χ4v) is 3.74. The van der Waals surface area contributed by atoms with Gasteiger partial charge in [-0.15, -0.1) is 0 Å². The van der Waals surface area contributed by atoms with E-state index in [0.717, 1.165) is 16.5 Å². The Morgan fingerprint density at radius 3 is 2.50 bits per heavy atom. The molecule has 3 rings (SSSR count). The molecule has 4 N–H and O–H groups in total. The molecule has 0 heterocycles. The summed E-state index contributed by atoms with van der Waals surface area (Å²) in [6.07, 6.45) is 0.610. The average Bonchev–Trinajstić information content (AvgIpc) is 2.83. The summed E-state index contributed by atoms with van der Waals surface area (Å²) < 4.78 is 43.8. The van der Waals surface area contributed by atoms with Crippen molar-refractivity contribution < 1.29 is 22.8 Å². The van der Waals surface area contributed by atoms with Gasteiger partial charge in [-0.3, -0.25) is 4.79 Å². The molecule has 0 aliphatic heterocycles. The van der Waals surface area contributed by atoms with Crippen LogP contribution in [-0.2, 0) is 4.79 Å². The molecule has 2 unspecified atom stereocenters. The van der Waals surface area contributed by atoms with E-state index in [4.69, 9.17) is 17.3 Å². The van der Waals surface area contributed by atoms with E-state index in [1.807, 2.05) is 0 Å². The predicted octanol–water partition coefficient (Wildman–Crippen LogP) is 6.01. The minimum atomic E-state index is -1.16. The molecule has 3 aromatic carbocycles. The first-order valence-electron chi connectivity index (χ1n) is 11.2. The average molecular weight is 519 g/mol. The number of nitrogens with one attached hydrogen (secondary N) is 2. The zero-order valence-corrected chi connectivity index (χ0v) is 20.5. The minimum Gasteiger partial charge on any atom is -0.335 e. The third-order valence-corrected chi connectivity index (χ3v) is 5.82. The Kier molecular flexibility index (Phi) is 8.95. The molecule has 0 fully saturated rings. The summed E-state index contributed by atoms with van der Waals surface area (Å²) in [6, 6.07) is 12.0. The molecular weight excluding hydrogens is 493 g/mol. The lowest BCUT2D eigenvalue weighted by Gasteiger charge is -2.22. The van der Waals surface area contributed by atoms with Crippen molar-refractivity contribution in [2.45, 2.75) is 32.4 Å². The number of hydrogen-bond acceptors (Lipinski definition) is 3. The standard InChI is InChI=1S/C26H26ClF3N4O2/c1-15(32-26(36)33-22-8-6-19(27)13-21(22)28)10-11-34(14-35)23-9-7-20(24(29)25(23)30)18-5-3-4-17(12-18)16(2)31/h3-9,12-16H,10-11,31H2,1-2H3,(H2,32,33,36). The minimum absolute atomic E-state index is 0.00384. The summed E-state index contributed by atoms with van der Waals surface area (Å²) in [5.41, 5.74) is 6.89. The summed E-state index contributed by atoms with van der Waals surface area (Å²) in [7, 11) is 0. The van der Waals surface area contributed by atoms with Crippen molar-refractivity contribution in [3.05, 3.63) is 82.6 Å². The van der Waals surface area contributed by atoms with Crippen LogP contribution in [0.25, 0.3) is 11.1 Å². The quantitative estimate of drug-likeness (QED) is 0.303. The number of amides is 3. The molecule has 6 nitrogen and oxygen atoms in total. The SMILES string of the molecule is CC(CCN(C=O)c1ccc(-c2cccc(C(C)N)c2)c(F)c1F)NC(=O)Nc1ccc(Cl)cc1F. The number of rotatable bonds is 9. The molecule has 36 heavy (non-hydrogen) atoms. The molecule has 0 aromatic heterocycles. The van der Waals surface area contributed by atoms with Gasteiger partial charge in [-0.1, -0.05) is 29.8 Å². The number of carbonyl (C=O) groups is 2. The van der Waals surface area contributed by atoms with Crippen molar-refractivity contribution in [3.8, 4) is 11.1 Å². The van der Waals surface area contributed by atoms with E-state index < -0.39 is 29.5 Å². The highest BCUT2D eigenvalue weighted by atomic mass is 35.5. The van der Waals surface area contributed by atoms with Crippen LogP contribution in [0.3, 0.4) is 0 Å². The second-order valence-electron chi connectivity index (χ2n) is 8.39. The van der Waals surface area contributed by atoms with Crippen LogP contribution in [0.1, 0.15) is 31.9 Å². The summed E-state index contributed by atoms with van der Waals surface area (Å²) in [5, 5.41) is 5.16. The topological polar surface area (TPSA) is 87.5 Å². The van der Waals surface area contributed by atoms with Gasteiger partial charge in [0.25, 0.3) is 0 Å². The molecule has 3 amide bonds. The molecule has 190 valence electrons. The molecule has 0 spiro atoms. The Morgan fingerprint density at radius 1 is 1.08 bits per heavy atom. The van der Waals surface area contributed by atoms with E-state index in [0.29, 0.717) is 12.0 Å². The molecule has 0 aliphatic carbocycles. The molecular formula is C26H26ClF3N4O2. The summed E-state index contributed by atoms with van der Waals surface area (Å²) in [4.78, 5) is 24.8. The van der Waals surface area contributed by atoms with Gasteiger partial charge in [-0.05, 0) is 67.8 Å². The van der Waals surface area contributed by atoms with E-state index in [-0.39, 0.29) is 41.0 Å². The zero-order valence-electron chi connectivity index (χ0n) is 19.7. The maximum Gasteiger partial charge on any atom is 0.319 e. The predicted molar refractivity (Wildman–Crippen MR) is 135 cm³/mol. The number of urea groups is 1. The van der Waals surface area contributed by atoms with Gasteiger partial charge in [0.05, 0.1) is 11.4 Å². The molecule has 2 atom stereocenters. The number of anilines is 2. The number of hydrogen-bond donors (Lipinski definition) is 3. The van der Waals surface area contributed by atoms with Crippen LogP contribution in [0.2, 0.25) is 5.02 Å². The highest BCUT2D eigenvalue weighted by molar-refractivity contribution is 6.30. The lowest BCUT2D eigenvalue weighted by atomic mass is 9.99. The maximum atomic E-state index is 15.0. The Balaban J connectivity index is 1.66. The van der Waals surface area contributed by atoms with Crippen LogP contribution >= 0.6 is 11.6 Å². The number of benzene rings is 3. The van der Waals surface area contributed by atoms with E-state index in [1.54, 1.807) is 38.1 Å². The lowest BCUT2D eigenvalue weighted by molar-refractivity contribution is -0.107. The van der Waals surface area contributed by atoms with Crippen molar-refractivity contribution in [2.75, 3.05) is 16.8 Å². The Bertz CT molecular complexity index is 1260. The lowest BCUT2D eigenvalue weighted by Crippen LogP contribution is -2.38. The van der Waals surface area contributed by atoms with Crippen molar-refractivity contribution >= 4 is 35.4 Å². The molecule has 0 radical (unpaired) electrons. The summed E-state index contributed by atoms with van der Waals surface area (Å²) in [5.74, 6) is -2.94. The smallest absolute Gasteiger partial charge is 0.319 e. The van der Waals surface area contributed by atoms with Crippen LogP contribution in [0.15, 0.2) is 54.6 Å². The van der Waals surface area contributed by atoms with Crippen molar-refractivity contribution in [1.82, 2.24) is 5.32 Å². The maximum absolute atomic E-state index is 15.0. The van der Waals surface area contributed by atoms with Crippen LogP contribution in [0.4, 0.5) is 29.3 Å². The first-order valence-corrected chi connectivity index (χ1v) is 11.6. The van der Waals surface area contributed by atoms with Gasteiger partial charge in [0.1, 0.15) is 5.82 Å². The van der Waals surface area contributed by atoms with Crippen molar-refractivity contribution in [2.24, 2.45) is 5.73 Å². The third-order valence-electron chi connectivity index (χ3n) is 5.58. The fourth-order valence-electron chi connectivity index (χ4n) is 3.58. The highest BCUT2D eigenvalue weighted by Gasteiger charge is 2.20. The van der Waals surface area contributed by atoms with Gasteiger partial charge in [0.2, 0.25) is 6.41 Å². The molecule has 3 aromatic rings. The van der Waals surface area contributed by atoms with E-state index in [1.165, 1.54) is 24.3 Å². The first-order chi connectivity index (χ1) is 17.1. The number of halogens is 4. The Hall–Kier alpha value is -3.56. The number of nitrogens with zero attached hydrogens (tertiary/aromatic N) is 1. The van der Waals surface area contributed by atoms with Gasteiger partial charge < -0.3 is 21.3 Å². The van der Waals surface area contributed by atoms with Crippen molar-refractivity contribution in [3.63, 3.8) is 0 Å². The Labute approximate surface area is 212 Å². The van der Waals surface area contributed by atoms with Crippen LogP contribution in [-0.4, -0.2) is 25.0 Å². The molecule has 0 aliphatic rings. The van der Waals surface area contributed by atoms with Crippen molar-refractivity contribution in [1.29, 1.82) is 0 Å². The van der Waals surface area contributed by atoms with E-state index in [9.17, 15) is 22.8 Å².